The van der Waals surface area contributed by atoms with E-state index in [1.165, 1.54) is 18.9 Å². The van der Waals surface area contributed by atoms with Gasteiger partial charge in [-0.15, -0.1) is 0 Å². The normalized spacial score (nSPS) is 10.6. The lowest BCUT2D eigenvalue weighted by molar-refractivity contribution is 0.172. The SMILES string of the molecule is C1=CNOC=C1.c1ccc2ncncc2c1.c1cnoc1.c1cocn1. The van der Waals surface area contributed by atoms with Gasteiger partial charge in [-0.1, -0.05) is 23.4 Å². The van der Waals surface area contributed by atoms with Crippen LogP contribution in [0.15, 0.2) is 108 Å². The van der Waals surface area contributed by atoms with E-state index in [4.69, 9.17) is 0 Å². The first kappa shape index (κ1) is 18.4. The number of aromatic nitrogens is 4. The molecule has 1 aliphatic rings. The number of nitrogens with zero attached hydrogens (tertiary/aromatic N) is 4. The second-order valence-electron chi connectivity index (χ2n) is 4.37. The molecule has 0 saturated carbocycles. The molecule has 4 aromatic rings. The highest BCUT2D eigenvalue weighted by Crippen LogP contribution is 2.06. The van der Waals surface area contributed by atoms with Gasteiger partial charge in [-0.25, -0.2) is 20.4 Å². The molecule has 8 heteroatoms. The average Bonchev–Trinajstić information content (AvgIpc) is 3.49. The van der Waals surface area contributed by atoms with Gasteiger partial charge in [-0.05, 0) is 24.3 Å². The first-order chi connectivity index (χ1) is 13.0. The van der Waals surface area contributed by atoms with Crippen LogP contribution in [0, 0.1) is 0 Å². The predicted octanol–water partition coefficient (Wildman–Crippen LogP) is 3.53. The zero-order chi connectivity index (χ0) is 18.1. The van der Waals surface area contributed by atoms with Gasteiger partial charge in [-0.2, -0.15) is 0 Å². The number of hydroxylamine groups is 1. The van der Waals surface area contributed by atoms with Crippen molar-refractivity contribution in [3.63, 3.8) is 0 Å². The topological polar surface area (TPSA) is 99.1 Å². The summed E-state index contributed by atoms with van der Waals surface area (Å²) in [5.74, 6) is 0. The Kier molecular flexibility index (Phi) is 8.83. The highest BCUT2D eigenvalue weighted by atomic mass is 16.6. The molecular weight excluding hydrogens is 334 g/mol. The van der Waals surface area contributed by atoms with Crippen molar-refractivity contribution in [1.29, 1.82) is 0 Å². The second kappa shape index (κ2) is 12.5. The molecule has 0 atom stereocenters. The molecule has 0 aliphatic carbocycles. The molecule has 132 valence electrons. The van der Waals surface area contributed by atoms with Crippen LogP contribution >= 0.6 is 0 Å². The van der Waals surface area contributed by atoms with Gasteiger partial charge in [0.1, 0.15) is 25.1 Å². The molecule has 1 aromatic carbocycles. The minimum Gasteiger partial charge on any atom is -0.452 e. The number of oxazole rings is 1. The number of allylic oxidation sites excluding steroid dienone is 2. The monoisotopic (exact) mass is 351 g/mol. The van der Waals surface area contributed by atoms with Gasteiger partial charge >= 0.3 is 0 Å². The van der Waals surface area contributed by atoms with Gasteiger partial charge in [0.25, 0.3) is 0 Å². The number of fused-ring (bicyclic) bond motifs is 1. The number of nitrogens with one attached hydrogen (secondary N) is 1. The fourth-order valence-electron chi connectivity index (χ4n) is 1.53. The van der Waals surface area contributed by atoms with Crippen molar-refractivity contribution in [1.82, 2.24) is 25.6 Å². The molecule has 0 bridgehead atoms. The minimum absolute atomic E-state index is 0.998. The number of hydrogen-bond acceptors (Lipinski definition) is 8. The molecule has 0 saturated heterocycles. The third-order valence-corrected chi connectivity index (χ3v) is 2.60. The Balaban J connectivity index is 0.000000132. The van der Waals surface area contributed by atoms with Crippen molar-refractivity contribution in [2.24, 2.45) is 0 Å². The molecule has 5 rings (SSSR count). The number of hydrogen-bond donors (Lipinski definition) is 1. The van der Waals surface area contributed by atoms with Crippen LogP contribution in [-0.2, 0) is 4.84 Å². The van der Waals surface area contributed by atoms with Gasteiger partial charge in [0, 0.05) is 17.8 Å². The van der Waals surface area contributed by atoms with Crippen LogP contribution in [0.25, 0.3) is 10.9 Å². The van der Waals surface area contributed by atoms with Gasteiger partial charge < -0.3 is 13.8 Å². The van der Waals surface area contributed by atoms with E-state index in [1.54, 1.807) is 43.3 Å². The van der Waals surface area contributed by atoms with Gasteiger partial charge in [-0.3, -0.25) is 0 Å². The first-order valence-corrected chi connectivity index (χ1v) is 7.51. The first-order valence-electron chi connectivity index (χ1n) is 7.51. The molecule has 8 nitrogen and oxygen atoms in total. The number of benzene rings is 1. The van der Waals surface area contributed by atoms with E-state index in [9.17, 15) is 0 Å². The van der Waals surface area contributed by atoms with Crippen molar-refractivity contribution in [2.75, 3.05) is 0 Å². The minimum atomic E-state index is 0.998. The Morgan fingerprint density at radius 1 is 0.923 bits per heavy atom. The van der Waals surface area contributed by atoms with E-state index in [0.29, 0.717) is 0 Å². The van der Waals surface area contributed by atoms with E-state index in [2.05, 4.69) is 39.4 Å². The third-order valence-electron chi connectivity index (χ3n) is 2.60. The lowest BCUT2D eigenvalue weighted by atomic mass is 10.2. The smallest absolute Gasteiger partial charge is 0.180 e. The maximum absolute atomic E-state index is 4.55. The second-order valence-corrected chi connectivity index (χ2v) is 4.37. The largest absolute Gasteiger partial charge is 0.452 e. The third kappa shape index (κ3) is 8.06. The maximum Gasteiger partial charge on any atom is 0.180 e. The lowest BCUT2D eigenvalue weighted by Gasteiger charge is -1.97. The summed E-state index contributed by atoms with van der Waals surface area (Å²) in [4.78, 5) is 16.1. The molecule has 0 radical (unpaired) electrons. The summed E-state index contributed by atoms with van der Waals surface area (Å²) in [6, 6.07) is 9.63. The molecule has 26 heavy (non-hydrogen) atoms. The summed E-state index contributed by atoms with van der Waals surface area (Å²) in [7, 11) is 0. The van der Waals surface area contributed by atoms with Crippen LogP contribution in [0.1, 0.15) is 0 Å². The van der Waals surface area contributed by atoms with Gasteiger partial charge in [0.15, 0.2) is 6.39 Å². The zero-order valence-corrected chi connectivity index (χ0v) is 13.8. The average molecular weight is 351 g/mol. The summed E-state index contributed by atoms with van der Waals surface area (Å²) < 4.78 is 8.81. The number of para-hydroxylation sites is 1. The standard InChI is InChI=1S/C8H6N2.C4H5NO.2C3H3NO/c1-2-4-8-7(3-1)5-9-6-10-8;1-2-4-6-5-3-1;1-2-5-3-4-1;1-2-4-5-3-1/h1-6H;1-5H;2*1-3H. The van der Waals surface area contributed by atoms with Gasteiger partial charge in [0.05, 0.1) is 17.9 Å². The molecule has 3 aromatic heterocycles. The van der Waals surface area contributed by atoms with Crippen LogP contribution in [0.5, 0.6) is 0 Å². The molecule has 4 heterocycles. The summed E-state index contributed by atoms with van der Waals surface area (Å²) in [6.07, 6.45) is 17.9. The summed E-state index contributed by atoms with van der Waals surface area (Å²) in [5, 5.41) is 4.44. The Labute approximate surface area is 149 Å². The maximum atomic E-state index is 4.55. The summed E-state index contributed by atoms with van der Waals surface area (Å²) in [6.45, 7) is 0. The fourth-order valence-corrected chi connectivity index (χ4v) is 1.53. The van der Waals surface area contributed by atoms with E-state index >= 15 is 0 Å². The fraction of sp³-hybridized carbons (Fsp3) is 0. The Hall–Kier alpha value is -3.94. The van der Waals surface area contributed by atoms with Crippen LogP contribution < -0.4 is 5.48 Å². The molecule has 0 unspecified atom stereocenters. The van der Waals surface area contributed by atoms with Gasteiger partial charge in [0.2, 0.25) is 0 Å². The van der Waals surface area contributed by atoms with E-state index in [-0.39, 0.29) is 0 Å². The van der Waals surface area contributed by atoms with Crippen LogP contribution in [0.4, 0.5) is 0 Å². The van der Waals surface area contributed by atoms with Crippen molar-refractivity contribution in [2.45, 2.75) is 0 Å². The molecule has 0 spiro atoms. The van der Waals surface area contributed by atoms with Crippen LogP contribution in [-0.4, -0.2) is 20.1 Å². The quantitative estimate of drug-likeness (QED) is 0.514. The van der Waals surface area contributed by atoms with E-state index in [0.717, 1.165) is 10.9 Å². The highest BCUT2D eigenvalue weighted by molar-refractivity contribution is 5.76. The van der Waals surface area contributed by atoms with E-state index < -0.39 is 0 Å². The molecule has 0 amide bonds. The van der Waals surface area contributed by atoms with Crippen molar-refractivity contribution in [3.05, 3.63) is 98.8 Å². The van der Waals surface area contributed by atoms with Crippen LogP contribution in [0.3, 0.4) is 0 Å². The number of rotatable bonds is 0. The predicted molar refractivity (Wildman–Crippen MR) is 95.0 cm³/mol. The summed E-state index contributed by atoms with van der Waals surface area (Å²) >= 11 is 0. The Morgan fingerprint density at radius 3 is 2.35 bits per heavy atom. The lowest BCUT2D eigenvalue weighted by Crippen LogP contribution is -2.01. The highest BCUT2D eigenvalue weighted by Gasteiger charge is 1.87. The molecular formula is C18H17N5O3. The summed E-state index contributed by atoms with van der Waals surface area (Å²) in [5.41, 5.74) is 3.52. The van der Waals surface area contributed by atoms with Crippen molar-refractivity contribution >= 4 is 10.9 Å². The Bertz CT molecular complexity index is 723. The molecule has 1 N–H and O–H groups in total. The molecule has 1 aliphatic heterocycles. The van der Waals surface area contributed by atoms with E-state index in [1.807, 2.05) is 36.5 Å². The van der Waals surface area contributed by atoms with Crippen molar-refractivity contribution in [3.8, 4) is 0 Å². The van der Waals surface area contributed by atoms with Crippen molar-refractivity contribution < 1.29 is 13.8 Å². The zero-order valence-electron chi connectivity index (χ0n) is 13.8. The molecule has 0 fully saturated rings. The van der Waals surface area contributed by atoms with Crippen LogP contribution in [0.2, 0.25) is 0 Å². The Morgan fingerprint density at radius 2 is 1.88 bits per heavy atom.